The summed E-state index contributed by atoms with van der Waals surface area (Å²) in [4.78, 5) is 14.4. The Hall–Kier alpha value is -3.45. The second kappa shape index (κ2) is 9.81. The van der Waals surface area contributed by atoms with Crippen molar-refractivity contribution in [3.63, 3.8) is 0 Å². The van der Waals surface area contributed by atoms with Crippen LogP contribution in [0.15, 0.2) is 53.6 Å². The SMILES string of the molecule is CN(C)c1ccc(-c2nc(N/N=C/c3ccccc3O)c3c4c(sc3n2)CCCCCC4)cc1. The Morgan fingerprint density at radius 2 is 1.74 bits per heavy atom. The summed E-state index contributed by atoms with van der Waals surface area (Å²) < 4.78 is 0. The highest BCUT2D eigenvalue weighted by atomic mass is 32.1. The van der Waals surface area contributed by atoms with E-state index in [1.54, 1.807) is 29.7 Å². The molecule has 174 valence electrons. The number of benzene rings is 2. The summed E-state index contributed by atoms with van der Waals surface area (Å²) in [5.41, 5.74) is 7.31. The third-order valence-corrected chi connectivity index (χ3v) is 7.45. The molecule has 0 amide bonds. The van der Waals surface area contributed by atoms with Gasteiger partial charge in [-0.05, 0) is 67.6 Å². The average Bonchev–Trinajstić information content (AvgIpc) is 3.16. The van der Waals surface area contributed by atoms with Crippen LogP contribution >= 0.6 is 11.3 Å². The lowest BCUT2D eigenvalue weighted by Crippen LogP contribution is -2.08. The summed E-state index contributed by atoms with van der Waals surface area (Å²) in [5.74, 6) is 1.61. The molecule has 5 rings (SSSR count). The van der Waals surface area contributed by atoms with E-state index in [-0.39, 0.29) is 5.75 Å². The maximum Gasteiger partial charge on any atom is 0.163 e. The number of hydrogen-bond donors (Lipinski definition) is 2. The molecule has 0 saturated heterocycles. The van der Waals surface area contributed by atoms with E-state index in [1.165, 1.54) is 36.1 Å². The molecule has 2 aromatic heterocycles. The number of aromatic nitrogens is 2. The number of aromatic hydroxyl groups is 1. The average molecular weight is 472 g/mol. The number of anilines is 2. The fourth-order valence-electron chi connectivity index (χ4n) is 4.39. The van der Waals surface area contributed by atoms with Gasteiger partial charge >= 0.3 is 0 Å². The lowest BCUT2D eigenvalue weighted by atomic mass is 9.98. The minimum Gasteiger partial charge on any atom is -0.507 e. The molecular formula is C27H29N5OS. The van der Waals surface area contributed by atoms with Gasteiger partial charge in [0.05, 0.1) is 11.6 Å². The van der Waals surface area contributed by atoms with Crippen molar-refractivity contribution in [1.29, 1.82) is 0 Å². The summed E-state index contributed by atoms with van der Waals surface area (Å²) in [7, 11) is 4.06. The fraction of sp³-hybridized carbons (Fsp3) is 0.296. The Balaban J connectivity index is 1.58. The van der Waals surface area contributed by atoms with Crippen LogP contribution in [-0.2, 0) is 12.8 Å². The van der Waals surface area contributed by atoms with Gasteiger partial charge in [-0.2, -0.15) is 5.10 Å². The largest absolute Gasteiger partial charge is 0.507 e. The Morgan fingerprint density at radius 3 is 2.50 bits per heavy atom. The second-order valence-corrected chi connectivity index (χ2v) is 9.95. The lowest BCUT2D eigenvalue weighted by molar-refractivity contribution is 0.474. The van der Waals surface area contributed by atoms with Gasteiger partial charge in [0, 0.05) is 35.8 Å². The number of para-hydroxylation sites is 1. The highest BCUT2D eigenvalue weighted by Gasteiger charge is 2.20. The Labute approximate surface area is 204 Å². The zero-order chi connectivity index (χ0) is 23.5. The summed E-state index contributed by atoms with van der Waals surface area (Å²) >= 11 is 1.79. The first-order valence-electron chi connectivity index (χ1n) is 11.8. The number of thiophene rings is 1. The Kier molecular flexibility index (Phi) is 6.45. The van der Waals surface area contributed by atoms with Crippen LogP contribution < -0.4 is 10.3 Å². The van der Waals surface area contributed by atoms with Crippen molar-refractivity contribution < 1.29 is 5.11 Å². The number of nitrogens with one attached hydrogen (secondary N) is 1. The van der Waals surface area contributed by atoms with Crippen molar-refractivity contribution in [3.8, 4) is 17.1 Å². The van der Waals surface area contributed by atoms with Gasteiger partial charge in [0.15, 0.2) is 11.6 Å². The number of nitrogens with zero attached hydrogens (tertiary/aromatic N) is 4. The number of phenolic OH excluding ortho intramolecular Hbond substituents is 1. The van der Waals surface area contributed by atoms with Crippen LogP contribution in [0, 0.1) is 0 Å². The highest BCUT2D eigenvalue weighted by molar-refractivity contribution is 7.19. The molecule has 4 aromatic rings. The molecule has 0 fully saturated rings. The zero-order valence-corrected chi connectivity index (χ0v) is 20.4. The second-order valence-electron chi connectivity index (χ2n) is 8.86. The van der Waals surface area contributed by atoms with E-state index >= 15 is 0 Å². The maximum atomic E-state index is 10.1. The number of hydrogen-bond acceptors (Lipinski definition) is 7. The minimum absolute atomic E-state index is 0.197. The number of fused-ring (bicyclic) bond motifs is 3. The summed E-state index contributed by atoms with van der Waals surface area (Å²) in [6.45, 7) is 0. The minimum atomic E-state index is 0.197. The Bertz CT molecular complexity index is 1330. The maximum absolute atomic E-state index is 10.1. The molecule has 7 heteroatoms. The zero-order valence-electron chi connectivity index (χ0n) is 19.6. The lowest BCUT2D eigenvalue weighted by Gasteiger charge is -2.13. The molecule has 0 atom stereocenters. The topological polar surface area (TPSA) is 73.6 Å². The van der Waals surface area contributed by atoms with Gasteiger partial charge in [-0.25, -0.2) is 9.97 Å². The van der Waals surface area contributed by atoms with Crippen LogP contribution in [0.2, 0.25) is 0 Å². The summed E-state index contributed by atoms with van der Waals surface area (Å²) in [6, 6.07) is 15.5. The fourth-order valence-corrected chi connectivity index (χ4v) is 5.65. The molecule has 34 heavy (non-hydrogen) atoms. The molecule has 2 N–H and O–H groups in total. The van der Waals surface area contributed by atoms with Gasteiger partial charge in [-0.1, -0.05) is 25.0 Å². The van der Waals surface area contributed by atoms with Gasteiger partial charge in [0.1, 0.15) is 10.6 Å². The van der Waals surface area contributed by atoms with E-state index in [1.807, 2.05) is 26.2 Å². The molecule has 0 unspecified atom stereocenters. The standard InChI is InChI=1S/C27H29N5OS/c1-32(2)20-15-13-18(14-16-20)25-29-26(31-28-17-19-9-7-8-11-22(19)33)24-21-10-5-3-4-6-12-23(21)34-27(24)30-25/h7-9,11,13-17,33H,3-6,10,12H2,1-2H3,(H,29,30,31)/b28-17+. The Morgan fingerprint density at radius 1 is 0.971 bits per heavy atom. The molecule has 0 aliphatic heterocycles. The quantitative estimate of drug-likeness (QED) is 0.266. The predicted octanol–water partition coefficient (Wildman–Crippen LogP) is 6.23. The van der Waals surface area contributed by atoms with Crippen LogP contribution in [0.3, 0.4) is 0 Å². The van der Waals surface area contributed by atoms with Crippen molar-refractivity contribution in [1.82, 2.24) is 9.97 Å². The number of phenols is 1. The molecule has 0 bridgehead atoms. The van der Waals surface area contributed by atoms with E-state index in [0.29, 0.717) is 11.4 Å². The van der Waals surface area contributed by atoms with Crippen molar-refractivity contribution in [2.24, 2.45) is 5.10 Å². The van der Waals surface area contributed by atoms with E-state index in [9.17, 15) is 5.11 Å². The van der Waals surface area contributed by atoms with Crippen LogP contribution in [0.25, 0.3) is 21.6 Å². The first-order chi connectivity index (χ1) is 16.6. The molecule has 6 nitrogen and oxygen atoms in total. The van der Waals surface area contributed by atoms with Gasteiger partial charge < -0.3 is 10.0 Å². The van der Waals surface area contributed by atoms with Gasteiger partial charge in [-0.15, -0.1) is 11.3 Å². The molecule has 2 aromatic carbocycles. The molecule has 0 saturated carbocycles. The third-order valence-electron chi connectivity index (χ3n) is 6.27. The van der Waals surface area contributed by atoms with Crippen molar-refractivity contribution in [3.05, 3.63) is 64.5 Å². The van der Waals surface area contributed by atoms with Crippen LogP contribution in [0.4, 0.5) is 11.5 Å². The van der Waals surface area contributed by atoms with Crippen LogP contribution in [-0.4, -0.2) is 35.4 Å². The normalized spacial score (nSPS) is 14.1. The predicted molar refractivity (Wildman–Crippen MR) is 142 cm³/mol. The number of hydrazone groups is 1. The molecule has 1 aliphatic carbocycles. The molecule has 0 radical (unpaired) electrons. The van der Waals surface area contributed by atoms with Crippen molar-refractivity contribution in [2.75, 3.05) is 24.4 Å². The van der Waals surface area contributed by atoms with Gasteiger partial charge in [-0.3, -0.25) is 5.43 Å². The molecule has 2 heterocycles. The summed E-state index contributed by atoms with van der Waals surface area (Å²) in [6.07, 6.45) is 8.75. The smallest absolute Gasteiger partial charge is 0.163 e. The summed E-state index contributed by atoms with van der Waals surface area (Å²) in [5, 5.41) is 15.6. The first kappa shape index (κ1) is 22.3. The molecular weight excluding hydrogens is 442 g/mol. The van der Waals surface area contributed by atoms with E-state index < -0.39 is 0 Å². The van der Waals surface area contributed by atoms with Crippen molar-refractivity contribution >= 4 is 39.3 Å². The van der Waals surface area contributed by atoms with E-state index in [4.69, 9.17) is 9.97 Å². The van der Waals surface area contributed by atoms with E-state index in [0.717, 1.165) is 40.1 Å². The van der Waals surface area contributed by atoms with Gasteiger partial charge in [0.25, 0.3) is 0 Å². The van der Waals surface area contributed by atoms with Crippen LogP contribution in [0.5, 0.6) is 5.75 Å². The number of aryl methyl sites for hydroxylation is 2. The highest BCUT2D eigenvalue weighted by Crippen LogP contribution is 2.39. The van der Waals surface area contributed by atoms with Crippen molar-refractivity contribution in [2.45, 2.75) is 38.5 Å². The molecule has 1 aliphatic rings. The molecule has 0 spiro atoms. The van der Waals surface area contributed by atoms with Gasteiger partial charge in [0.2, 0.25) is 0 Å². The van der Waals surface area contributed by atoms with E-state index in [2.05, 4.69) is 39.7 Å². The number of rotatable bonds is 5. The monoisotopic (exact) mass is 471 g/mol. The first-order valence-corrected chi connectivity index (χ1v) is 12.6. The third kappa shape index (κ3) is 4.61. The van der Waals surface area contributed by atoms with Crippen LogP contribution in [0.1, 0.15) is 41.7 Å².